The average Bonchev–Trinajstić information content (AvgIpc) is 2.92. The summed E-state index contributed by atoms with van der Waals surface area (Å²) in [5, 5.41) is 0. The molecule has 2 nitrogen and oxygen atoms in total. The van der Waals surface area contributed by atoms with E-state index in [1.165, 1.54) is 34.4 Å². The number of aryl methyl sites for hydroxylation is 3. The lowest BCUT2D eigenvalue weighted by Gasteiger charge is -2.17. The van der Waals surface area contributed by atoms with Crippen LogP contribution in [0.1, 0.15) is 44.1 Å². The Labute approximate surface area is 130 Å². The minimum absolute atomic E-state index is 0.151. The van der Waals surface area contributed by atoms with Crippen molar-refractivity contribution in [2.75, 3.05) is 7.05 Å². The Balaban J connectivity index is 1.75. The van der Waals surface area contributed by atoms with Crippen molar-refractivity contribution in [3.8, 4) is 0 Å². The summed E-state index contributed by atoms with van der Waals surface area (Å²) in [6.07, 6.45) is 4.81. The number of hydrogen-bond acceptors (Lipinski definition) is 2. The normalized spacial score (nSPS) is 13.8. The predicted molar refractivity (Wildman–Crippen MR) is 87.9 cm³/mol. The van der Waals surface area contributed by atoms with Crippen LogP contribution in [0.4, 0.5) is 0 Å². The molecule has 3 rings (SSSR count). The van der Waals surface area contributed by atoms with Gasteiger partial charge in [0.1, 0.15) is 0 Å². The molecule has 1 amide bonds. The van der Waals surface area contributed by atoms with Crippen LogP contribution in [0.3, 0.4) is 0 Å². The Morgan fingerprint density at radius 3 is 2.76 bits per heavy atom. The van der Waals surface area contributed by atoms with E-state index in [0.29, 0.717) is 6.54 Å². The van der Waals surface area contributed by atoms with Crippen LogP contribution < -0.4 is 0 Å². The van der Waals surface area contributed by atoms with Gasteiger partial charge in [-0.3, -0.25) is 4.79 Å². The molecule has 0 atom stereocenters. The monoisotopic (exact) mass is 299 g/mol. The number of carbonyl (C=O) groups excluding carboxylic acids is 1. The molecular weight excluding hydrogens is 278 g/mol. The lowest BCUT2D eigenvalue weighted by molar-refractivity contribution is 0.0789. The fourth-order valence-corrected chi connectivity index (χ4v) is 4.15. The van der Waals surface area contributed by atoms with E-state index < -0.39 is 0 Å². The van der Waals surface area contributed by atoms with E-state index in [9.17, 15) is 4.79 Å². The molecule has 0 fully saturated rings. The molecule has 1 heterocycles. The zero-order valence-electron chi connectivity index (χ0n) is 12.7. The molecular formula is C18H21NOS. The SMILES string of the molecule is Cc1ccccc1CN(C)C(=O)c1cc2c(s1)CCCC2. The van der Waals surface area contributed by atoms with Gasteiger partial charge in [-0.05, 0) is 55.4 Å². The maximum atomic E-state index is 12.6. The van der Waals surface area contributed by atoms with Gasteiger partial charge in [0.2, 0.25) is 0 Å². The van der Waals surface area contributed by atoms with E-state index in [0.717, 1.165) is 17.7 Å². The van der Waals surface area contributed by atoms with Gasteiger partial charge in [0, 0.05) is 18.5 Å². The molecule has 0 saturated carbocycles. The summed E-state index contributed by atoms with van der Waals surface area (Å²) in [7, 11) is 1.90. The second-order valence-corrected chi connectivity index (χ2v) is 6.99. The van der Waals surface area contributed by atoms with E-state index in [-0.39, 0.29) is 5.91 Å². The Bertz CT molecular complexity index is 635. The Morgan fingerprint density at radius 1 is 1.24 bits per heavy atom. The van der Waals surface area contributed by atoms with Crippen LogP contribution in [0.15, 0.2) is 30.3 Å². The summed E-state index contributed by atoms with van der Waals surface area (Å²) in [6.45, 7) is 2.77. The molecule has 2 aromatic rings. The molecule has 0 unspecified atom stereocenters. The minimum Gasteiger partial charge on any atom is -0.337 e. The van der Waals surface area contributed by atoms with Gasteiger partial charge in [-0.25, -0.2) is 0 Å². The third kappa shape index (κ3) is 3.03. The Kier molecular flexibility index (Phi) is 4.11. The molecule has 1 aliphatic rings. The molecule has 110 valence electrons. The number of rotatable bonds is 3. The van der Waals surface area contributed by atoms with Crippen molar-refractivity contribution < 1.29 is 4.79 Å². The molecule has 1 aliphatic carbocycles. The topological polar surface area (TPSA) is 20.3 Å². The summed E-state index contributed by atoms with van der Waals surface area (Å²) < 4.78 is 0. The second-order valence-electron chi connectivity index (χ2n) is 5.85. The fourth-order valence-electron chi connectivity index (χ4n) is 2.90. The summed E-state index contributed by atoms with van der Waals surface area (Å²) in [5.74, 6) is 0.151. The molecule has 21 heavy (non-hydrogen) atoms. The van der Waals surface area contributed by atoms with Crippen LogP contribution in [0.2, 0.25) is 0 Å². The highest BCUT2D eigenvalue weighted by atomic mass is 32.1. The molecule has 0 saturated heterocycles. The maximum Gasteiger partial charge on any atom is 0.263 e. The van der Waals surface area contributed by atoms with Crippen LogP contribution in [0, 0.1) is 6.92 Å². The number of benzene rings is 1. The highest BCUT2D eigenvalue weighted by Gasteiger charge is 2.19. The van der Waals surface area contributed by atoms with Gasteiger partial charge in [-0.1, -0.05) is 24.3 Å². The average molecular weight is 299 g/mol. The van der Waals surface area contributed by atoms with Crippen LogP contribution in [0.5, 0.6) is 0 Å². The Hall–Kier alpha value is -1.61. The van der Waals surface area contributed by atoms with Crippen LogP contribution in [-0.2, 0) is 19.4 Å². The summed E-state index contributed by atoms with van der Waals surface area (Å²) >= 11 is 1.70. The number of fused-ring (bicyclic) bond motifs is 1. The molecule has 1 aromatic heterocycles. The van der Waals surface area contributed by atoms with Crippen molar-refractivity contribution in [3.05, 3.63) is 56.8 Å². The van der Waals surface area contributed by atoms with E-state index in [2.05, 4.69) is 25.1 Å². The van der Waals surface area contributed by atoms with Crippen molar-refractivity contribution in [3.63, 3.8) is 0 Å². The van der Waals surface area contributed by atoms with Crippen LogP contribution >= 0.6 is 11.3 Å². The number of nitrogens with zero attached hydrogens (tertiary/aromatic N) is 1. The van der Waals surface area contributed by atoms with Crippen LogP contribution in [-0.4, -0.2) is 17.9 Å². The number of amides is 1. The maximum absolute atomic E-state index is 12.6. The van der Waals surface area contributed by atoms with E-state index in [1.807, 2.05) is 24.1 Å². The first-order valence-corrected chi connectivity index (χ1v) is 8.38. The van der Waals surface area contributed by atoms with Crippen molar-refractivity contribution in [1.82, 2.24) is 4.90 Å². The summed E-state index contributed by atoms with van der Waals surface area (Å²) in [4.78, 5) is 16.8. The van der Waals surface area contributed by atoms with Crippen LogP contribution in [0.25, 0.3) is 0 Å². The first-order valence-electron chi connectivity index (χ1n) is 7.56. The predicted octanol–water partition coefficient (Wildman–Crippen LogP) is 4.21. The fraction of sp³-hybridized carbons (Fsp3) is 0.389. The standard InChI is InChI=1S/C18H21NOS/c1-13-7-3-4-9-15(13)12-19(2)18(20)17-11-14-8-5-6-10-16(14)21-17/h3-4,7,9,11H,5-6,8,10,12H2,1-2H3. The van der Waals surface area contributed by atoms with Gasteiger partial charge in [0.15, 0.2) is 0 Å². The third-order valence-electron chi connectivity index (χ3n) is 4.22. The highest BCUT2D eigenvalue weighted by molar-refractivity contribution is 7.14. The largest absolute Gasteiger partial charge is 0.337 e. The van der Waals surface area contributed by atoms with Gasteiger partial charge in [0.25, 0.3) is 5.91 Å². The lowest BCUT2D eigenvalue weighted by atomic mass is 9.99. The zero-order chi connectivity index (χ0) is 14.8. The van der Waals surface area contributed by atoms with Crippen molar-refractivity contribution in [1.29, 1.82) is 0 Å². The first kappa shape index (κ1) is 14.3. The third-order valence-corrected chi connectivity index (χ3v) is 5.45. The van der Waals surface area contributed by atoms with E-state index in [1.54, 1.807) is 11.3 Å². The van der Waals surface area contributed by atoms with E-state index in [4.69, 9.17) is 0 Å². The summed E-state index contributed by atoms with van der Waals surface area (Å²) in [6, 6.07) is 10.4. The number of hydrogen-bond donors (Lipinski definition) is 0. The quantitative estimate of drug-likeness (QED) is 0.831. The lowest BCUT2D eigenvalue weighted by Crippen LogP contribution is -2.25. The zero-order valence-corrected chi connectivity index (χ0v) is 13.5. The van der Waals surface area contributed by atoms with Gasteiger partial charge in [-0.15, -0.1) is 11.3 Å². The van der Waals surface area contributed by atoms with Gasteiger partial charge in [-0.2, -0.15) is 0 Å². The molecule has 0 radical (unpaired) electrons. The number of carbonyl (C=O) groups is 1. The molecule has 0 spiro atoms. The molecule has 0 aliphatic heterocycles. The molecule has 0 bridgehead atoms. The molecule has 0 N–H and O–H groups in total. The molecule has 3 heteroatoms. The second kappa shape index (κ2) is 6.02. The van der Waals surface area contributed by atoms with Crippen molar-refractivity contribution in [2.24, 2.45) is 0 Å². The van der Waals surface area contributed by atoms with Gasteiger partial charge in [0.05, 0.1) is 4.88 Å². The minimum atomic E-state index is 0.151. The van der Waals surface area contributed by atoms with Gasteiger partial charge < -0.3 is 4.90 Å². The van der Waals surface area contributed by atoms with Crippen molar-refractivity contribution >= 4 is 17.2 Å². The summed E-state index contributed by atoms with van der Waals surface area (Å²) in [5.41, 5.74) is 3.86. The number of thiophene rings is 1. The Morgan fingerprint density at radius 2 is 2.00 bits per heavy atom. The first-order chi connectivity index (χ1) is 10.1. The molecule has 1 aromatic carbocycles. The van der Waals surface area contributed by atoms with E-state index >= 15 is 0 Å². The smallest absolute Gasteiger partial charge is 0.263 e. The van der Waals surface area contributed by atoms with Crippen molar-refractivity contribution in [2.45, 2.75) is 39.2 Å². The highest BCUT2D eigenvalue weighted by Crippen LogP contribution is 2.30. The van der Waals surface area contributed by atoms with Gasteiger partial charge >= 0.3 is 0 Å².